The van der Waals surface area contributed by atoms with Crippen LogP contribution in [0.3, 0.4) is 0 Å². The Hall–Kier alpha value is -2.80. The number of aliphatic hydroxyl groups excluding tert-OH is 1. The van der Waals surface area contributed by atoms with Gasteiger partial charge in [0.2, 0.25) is 0 Å². The molecule has 122 valence electrons. The molecule has 0 saturated heterocycles. The molecule has 0 atom stereocenters. The van der Waals surface area contributed by atoms with Crippen molar-refractivity contribution in [2.45, 2.75) is 6.92 Å². The lowest BCUT2D eigenvalue weighted by atomic mass is 10.0. The molecule has 1 N–H and O–H groups in total. The molecule has 2 aromatic rings. The van der Waals surface area contributed by atoms with E-state index in [2.05, 4.69) is 5.16 Å². The molecule has 0 bridgehead atoms. The zero-order chi connectivity index (χ0) is 16.8. The van der Waals surface area contributed by atoms with E-state index >= 15 is 0 Å². The minimum absolute atomic E-state index is 0.246. The van der Waals surface area contributed by atoms with Crippen LogP contribution < -0.4 is 9.47 Å². The van der Waals surface area contributed by atoms with Gasteiger partial charge in [-0.2, -0.15) is 0 Å². The molecular formula is C16H17NO6. The Kier molecular flexibility index (Phi) is 5.37. The molecule has 0 amide bonds. The highest BCUT2D eigenvalue weighted by Crippen LogP contribution is 2.32. The Morgan fingerprint density at radius 1 is 1.35 bits per heavy atom. The highest BCUT2D eigenvalue weighted by Gasteiger charge is 2.19. The summed E-state index contributed by atoms with van der Waals surface area (Å²) in [6.07, 6.45) is 1.52. The SMILES string of the molecule is COC(=O)/C(=C\c1cc(C)no1)c1ccc(OCO)cc1OC. The molecule has 1 aromatic carbocycles. The fraction of sp³-hybridized carbons (Fsp3) is 0.250. The van der Waals surface area contributed by atoms with Crippen molar-refractivity contribution in [3.8, 4) is 11.5 Å². The zero-order valence-electron chi connectivity index (χ0n) is 13.0. The first-order valence-corrected chi connectivity index (χ1v) is 6.74. The van der Waals surface area contributed by atoms with Crippen molar-refractivity contribution in [3.05, 3.63) is 41.3 Å². The third-order valence-corrected chi connectivity index (χ3v) is 3.03. The number of esters is 1. The lowest BCUT2D eigenvalue weighted by Gasteiger charge is -2.12. The molecule has 0 aliphatic heterocycles. The maximum Gasteiger partial charge on any atom is 0.338 e. The first-order valence-electron chi connectivity index (χ1n) is 6.74. The predicted molar refractivity (Wildman–Crippen MR) is 81.8 cm³/mol. The van der Waals surface area contributed by atoms with Crippen molar-refractivity contribution in [2.75, 3.05) is 21.0 Å². The monoisotopic (exact) mass is 319 g/mol. The number of carbonyl (C=O) groups is 1. The Balaban J connectivity index is 2.51. The van der Waals surface area contributed by atoms with Crippen molar-refractivity contribution in [2.24, 2.45) is 0 Å². The second-order valence-electron chi connectivity index (χ2n) is 4.56. The highest BCUT2D eigenvalue weighted by molar-refractivity contribution is 6.22. The van der Waals surface area contributed by atoms with Crippen molar-refractivity contribution >= 4 is 17.6 Å². The van der Waals surface area contributed by atoms with Crippen LogP contribution >= 0.6 is 0 Å². The molecule has 0 saturated carbocycles. The quantitative estimate of drug-likeness (QED) is 0.495. The average Bonchev–Trinajstić information content (AvgIpc) is 2.97. The third kappa shape index (κ3) is 3.89. The number of aliphatic hydroxyl groups is 1. The summed E-state index contributed by atoms with van der Waals surface area (Å²) in [4.78, 5) is 12.1. The fourth-order valence-electron chi connectivity index (χ4n) is 2.01. The van der Waals surface area contributed by atoms with Crippen molar-refractivity contribution in [1.82, 2.24) is 5.16 Å². The van der Waals surface area contributed by atoms with Gasteiger partial charge in [-0.1, -0.05) is 5.16 Å². The Morgan fingerprint density at radius 3 is 2.70 bits per heavy atom. The van der Waals surface area contributed by atoms with Gasteiger partial charge in [-0.05, 0) is 25.1 Å². The van der Waals surface area contributed by atoms with Crippen LogP contribution in [0.15, 0.2) is 28.8 Å². The molecular weight excluding hydrogens is 302 g/mol. The number of rotatable bonds is 6. The van der Waals surface area contributed by atoms with Crippen LogP contribution in [-0.2, 0) is 9.53 Å². The molecule has 7 nitrogen and oxygen atoms in total. The van der Waals surface area contributed by atoms with Crippen LogP contribution in [0.2, 0.25) is 0 Å². The van der Waals surface area contributed by atoms with Gasteiger partial charge in [-0.3, -0.25) is 0 Å². The zero-order valence-corrected chi connectivity index (χ0v) is 13.0. The largest absolute Gasteiger partial charge is 0.496 e. The second kappa shape index (κ2) is 7.46. The second-order valence-corrected chi connectivity index (χ2v) is 4.56. The van der Waals surface area contributed by atoms with E-state index in [1.54, 1.807) is 31.2 Å². The molecule has 7 heteroatoms. The van der Waals surface area contributed by atoms with Crippen LogP contribution in [0.1, 0.15) is 17.0 Å². The van der Waals surface area contributed by atoms with Gasteiger partial charge in [0.1, 0.15) is 11.5 Å². The number of aromatic nitrogens is 1. The fourth-order valence-corrected chi connectivity index (χ4v) is 2.01. The summed E-state index contributed by atoms with van der Waals surface area (Å²) in [6.45, 7) is 1.32. The first-order chi connectivity index (χ1) is 11.1. The van der Waals surface area contributed by atoms with E-state index < -0.39 is 12.8 Å². The first kappa shape index (κ1) is 16.6. The topological polar surface area (TPSA) is 91.0 Å². The molecule has 0 spiro atoms. The van der Waals surface area contributed by atoms with Crippen LogP contribution in [0, 0.1) is 6.92 Å². The third-order valence-electron chi connectivity index (χ3n) is 3.03. The number of nitrogens with zero attached hydrogens (tertiary/aromatic N) is 1. The van der Waals surface area contributed by atoms with Gasteiger partial charge in [0.25, 0.3) is 0 Å². The van der Waals surface area contributed by atoms with Gasteiger partial charge in [0, 0.05) is 17.7 Å². The van der Waals surface area contributed by atoms with Gasteiger partial charge in [0.05, 0.1) is 25.5 Å². The highest BCUT2D eigenvalue weighted by atomic mass is 16.6. The van der Waals surface area contributed by atoms with Crippen LogP contribution in [0.5, 0.6) is 11.5 Å². The van der Waals surface area contributed by atoms with E-state index in [0.717, 1.165) is 0 Å². The molecule has 0 unspecified atom stereocenters. The summed E-state index contributed by atoms with van der Waals surface area (Å²) < 4.78 is 20.2. The molecule has 0 fully saturated rings. The normalized spacial score (nSPS) is 11.2. The maximum absolute atomic E-state index is 12.1. The summed E-state index contributed by atoms with van der Waals surface area (Å²) in [6, 6.07) is 6.50. The number of hydrogen-bond donors (Lipinski definition) is 1. The van der Waals surface area contributed by atoms with Gasteiger partial charge < -0.3 is 23.8 Å². The number of ether oxygens (including phenoxy) is 3. The molecule has 23 heavy (non-hydrogen) atoms. The number of carbonyl (C=O) groups excluding carboxylic acids is 1. The molecule has 0 radical (unpaired) electrons. The minimum Gasteiger partial charge on any atom is -0.496 e. The van der Waals surface area contributed by atoms with Crippen LogP contribution in [0.4, 0.5) is 0 Å². The summed E-state index contributed by atoms with van der Waals surface area (Å²) >= 11 is 0. The standard InChI is InChI=1S/C16H17NO6/c1-10-6-12(23-17-10)7-14(16(19)21-3)13-5-4-11(22-9-18)8-15(13)20-2/h4-8,18H,9H2,1-3H3/b14-7-. The Morgan fingerprint density at radius 2 is 2.13 bits per heavy atom. The molecule has 1 heterocycles. The van der Waals surface area contributed by atoms with Gasteiger partial charge >= 0.3 is 5.97 Å². The number of benzene rings is 1. The molecule has 0 aliphatic rings. The summed E-state index contributed by atoms with van der Waals surface area (Å²) in [5.74, 6) is 0.672. The predicted octanol–water partition coefficient (Wildman–Crippen LogP) is 2.03. The maximum atomic E-state index is 12.1. The van der Waals surface area contributed by atoms with Crippen LogP contribution in [0.25, 0.3) is 11.6 Å². The molecule has 2 rings (SSSR count). The lowest BCUT2D eigenvalue weighted by molar-refractivity contribution is -0.133. The Bertz CT molecular complexity index is 719. The van der Waals surface area contributed by atoms with E-state index in [0.29, 0.717) is 28.5 Å². The summed E-state index contributed by atoms with van der Waals surface area (Å²) in [5.41, 5.74) is 1.44. The van der Waals surface area contributed by atoms with Gasteiger partial charge in [-0.25, -0.2) is 4.79 Å². The van der Waals surface area contributed by atoms with Gasteiger partial charge in [-0.15, -0.1) is 0 Å². The smallest absolute Gasteiger partial charge is 0.338 e. The number of methoxy groups -OCH3 is 2. The van der Waals surface area contributed by atoms with Crippen molar-refractivity contribution in [1.29, 1.82) is 0 Å². The van der Waals surface area contributed by atoms with E-state index in [1.807, 2.05) is 0 Å². The molecule has 0 aliphatic carbocycles. The average molecular weight is 319 g/mol. The summed E-state index contributed by atoms with van der Waals surface area (Å²) in [5, 5.41) is 12.6. The molecule has 1 aromatic heterocycles. The van der Waals surface area contributed by atoms with Crippen LogP contribution in [-0.4, -0.2) is 37.2 Å². The summed E-state index contributed by atoms with van der Waals surface area (Å²) in [7, 11) is 2.76. The number of aryl methyl sites for hydroxylation is 1. The van der Waals surface area contributed by atoms with Gasteiger partial charge in [0.15, 0.2) is 12.6 Å². The minimum atomic E-state index is -0.548. The lowest BCUT2D eigenvalue weighted by Crippen LogP contribution is -2.06. The van der Waals surface area contributed by atoms with E-state index in [4.69, 9.17) is 23.8 Å². The van der Waals surface area contributed by atoms with E-state index in [9.17, 15) is 4.79 Å². The van der Waals surface area contributed by atoms with E-state index in [-0.39, 0.29) is 5.57 Å². The van der Waals surface area contributed by atoms with E-state index in [1.165, 1.54) is 20.3 Å². The number of hydrogen-bond acceptors (Lipinski definition) is 7. The Labute approximate surface area is 133 Å². The van der Waals surface area contributed by atoms with Crippen molar-refractivity contribution in [3.63, 3.8) is 0 Å². The van der Waals surface area contributed by atoms with Crippen molar-refractivity contribution < 1.29 is 28.6 Å².